The maximum atomic E-state index is 13.1. The smallest absolute Gasteiger partial charge is 0.326 e. The second kappa shape index (κ2) is 5.98. The van der Waals surface area contributed by atoms with E-state index in [1.165, 1.54) is 0 Å². The summed E-state index contributed by atoms with van der Waals surface area (Å²) in [7, 11) is 0. The van der Waals surface area contributed by atoms with Crippen LogP contribution in [0.4, 0.5) is 0 Å². The molecule has 126 valence electrons. The zero-order valence-electron chi connectivity index (χ0n) is 13.9. The Balaban J connectivity index is 1.90. The summed E-state index contributed by atoms with van der Waals surface area (Å²) in [4.78, 5) is 26.4. The van der Waals surface area contributed by atoms with Crippen molar-refractivity contribution in [2.24, 2.45) is 5.92 Å². The maximum absolute atomic E-state index is 13.1. The van der Waals surface area contributed by atoms with E-state index < -0.39 is 17.9 Å². The zero-order valence-corrected chi connectivity index (χ0v) is 13.9. The van der Waals surface area contributed by atoms with E-state index in [0.717, 1.165) is 31.2 Å². The number of carbonyl (C=O) groups excluding carboxylic acids is 1. The summed E-state index contributed by atoms with van der Waals surface area (Å²) >= 11 is 0. The molecule has 0 aromatic carbocycles. The Hall–Kier alpha value is -1.85. The number of amides is 1. The van der Waals surface area contributed by atoms with Crippen LogP contribution in [0.5, 0.6) is 0 Å². The monoisotopic (exact) mass is 320 g/mol. The summed E-state index contributed by atoms with van der Waals surface area (Å²) in [5.74, 6) is -0.469. The molecule has 3 rings (SSSR count). The molecule has 1 aliphatic carbocycles. The maximum Gasteiger partial charge on any atom is 0.326 e. The number of rotatable bonds is 3. The first-order valence-corrected chi connectivity index (χ1v) is 8.39. The van der Waals surface area contributed by atoms with Crippen molar-refractivity contribution >= 4 is 11.9 Å². The molecule has 6 nitrogen and oxygen atoms in total. The second-order valence-electron chi connectivity index (χ2n) is 6.91. The van der Waals surface area contributed by atoms with E-state index in [9.17, 15) is 14.7 Å². The van der Waals surface area contributed by atoms with Crippen molar-refractivity contribution in [3.63, 3.8) is 0 Å². The standard InChI is InChI=1S/C17H24N2O4/c1-9(15-10(2)18-23-11(15)3)16(20)19-13-7-5-4-6-12(13)8-14(19)17(21)22/h9,12-14H,4-8H2,1-3H3,(H,21,22). The SMILES string of the molecule is Cc1noc(C)c1C(C)C(=O)N1C(C(=O)O)CC2CCCCC21. The number of aliphatic carboxylic acids is 1. The van der Waals surface area contributed by atoms with E-state index in [0.29, 0.717) is 23.8 Å². The Bertz CT molecular complexity index is 605. The molecule has 4 unspecified atom stereocenters. The fourth-order valence-corrected chi connectivity index (χ4v) is 4.45. The minimum atomic E-state index is -0.890. The van der Waals surface area contributed by atoms with Gasteiger partial charge in [-0.25, -0.2) is 4.79 Å². The van der Waals surface area contributed by atoms with Crippen LogP contribution in [-0.4, -0.2) is 39.1 Å². The van der Waals surface area contributed by atoms with Crippen LogP contribution in [0.25, 0.3) is 0 Å². The van der Waals surface area contributed by atoms with Crippen LogP contribution in [0, 0.1) is 19.8 Å². The fourth-order valence-electron chi connectivity index (χ4n) is 4.45. The molecule has 1 aliphatic heterocycles. The molecule has 1 amide bonds. The van der Waals surface area contributed by atoms with Gasteiger partial charge in [-0.05, 0) is 46.0 Å². The molecule has 23 heavy (non-hydrogen) atoms. The lowest BCUT2D eigenvalue weighted by atomic mass is 9.84. The first-order chi connectivity index (χ1) is 10.9. The molecule has 1 saturated heterocycles. The van der Waals surface area contributed by atoms with Crippen LogP contribution >= 0.6 is 0 Å². The Morgan fingerprint density at radius 1 is 1.30 bits per heavy atom. The van der Waals surface area contributed by atoms with Crippen LogP contribution < -0.4 is 0 Å². The number of hydrogen-bond donors (Lipinski definition) is 1. The number of aryl methyl sites for hydroxylation is 2. The first-order valence-electron chi connectivity index (χ1n) is 8.39. The average molecular weight is 320 g/mol. The van der Waals surface area contributed by atoms with Crippen molar-refractivity contribution in [1.82, 2.24) is 10.1 Å². The number of nitrogens with zero attached hydrogens (tertiary/aromatic N) is 2. The molecule has 2 heterocycles. The lowest BCUT2D eigenvalue weighted by molar-refractivity contribution is -0.150. The van der Waals surface area contributed by atoms with E-state index >= 15 is 0 Å². The Kier molecular flexibility index (Phi) is 4.17. The normalized spacial score (nSPS) is 28.5. The van der Waals surface area contributed by atoms with Crippen molar-refractivity contribution in [2.75, 3.05) is 0 Å². The van der Waals surface area contributed by atoms with Crippen molar-refractivity contribution in [1.29, 1.82) is 0 Å². The topological polar surface area (TPSA) is 83.6 Å². The molecule has 6 heteroatoms. The Labute approximate surface area is 135 Å². The van der Waals surface area contributed by atoms with Crippen LogP contribution in [0.1, 0.15) is 62.0 Å². The van der Waals surface area contributed by atoms with Gasteiger partial charge in [-0.15, -0.1) is 0 Å². The van der Waals surface area contributed by atoms with E-state index in [1.54, 1.807) is 11.8 Å². The number of carbonyl (C=O) groups is 2. The number of fused-ring (bicyclic) bond motifs is 1. The first kappa shape index (κ1) is 16.0. The van der Waals surface area contributed by atoms with Gasteiger partial charge in [-0.2, -0.15) is 0 Å². The summed E-state index contributed by atoms with van der Waals surface area (Å²) in [6, 6.07) is -0.626. The molecule has 0 bridgehead atoms. The van der Waals surface area contributed by atoms with Crippen LogP contribution in [0.2, 0.25) is 0 Å². The molecular formula is C17H24N2O4. The van der Waals surface area contributed by atoms with Crippen molar-refractivity contribution < 1.29 is 19.2 Å². The molecule has 4 atom stereocenters. The van der Waals surface area contributed by atoms with Gasteiger partial charge in [0, 0.05) is 11.6 Å². The minimum Gasteiger partial charge on any atom is -0.480 e. The molecular weight excluding hydrogens is 296 g/mol. The van der Waals surface area contributed by atoms with Gasteiger partial charge in [0.15, 0.2) is 0 Å². The number of carboxylic acids is 1. The highest BCUT2D eigenvalue weighted by Crippen LogP contribution is 2.41. The van der Waals surface area contributed by atoms with Gasteiger partial charge in [0.25, 0.3) is 0 Å². The third-order valence-electron chi connectivity index (χ3n) is 5.52. The molecule has 1 aromatic heterocycles. The molecule has 1 aromatic rings. The van der Waals surface area contributed by atoms with Gasteiger partial charge < -0.3 is 14.5 Å². The summed E-state index contributed by atoms with van der Waals surface area (Å²) in [6.45, 7) is 5.43. The predicted octanol–water partition coefficient (Wildman–Crippen LogP) is 2.64. The van der Waals surface area contributed by atoms with Crippen LogP contribution in [0.3, 0.4) is 0 Å². The highest BCUT2D eigenvalue weighted by molar-refractivity contribution is 5.89. The molecule has 2 fully saturated rings. The van der Waals surface area contributed by atoms with E-state index in [1.807, 2.05) is 13.8 Å². The van der Waals surface area contributed by atoms with Crippen molar-refractivity contribution in [3.05, 3.63) is 17.0 Å². The number of likely N-dealkylation sites (tertiary alicyclic amines) is 1. The molecule has 0 spiro atoms. The zero-order chi connectivity index (χ0) is 16.7. The summed E-state index contributed by atoms with van der Waals surface area (Å²) in [5, 5.41) is 13.5. The highest BCUT2D eigenvalue weighted by Gasteiger charge is 2.48. The molecule has 2 aliphatic rings. The van der Waals surface area contributed by atoms with Crippen LogP contribution in [-0.2, 0) is 9.59 Å². The van der Waals surface area contributed by atoms with Gasteiger partial charge in [-0.3, -0.25) is 4.79 Å². The third-order valence-corrected chi connectivity index (χ3v) is 5.52. The van der Waals surface area contributed by atoms with Gasteiger partial charge in [0.1, 0.15) is 11.8 Å². The highest BCUT2D eigenvalue weighted by atomic mass is 16.5. The number of aromatic nitrogens is 1. The number of carboxylic acid groups (broad SMARTS) is 1. The molecule has 0 radical (unpaired) electrons. The lowest BCUT2D eigenvalue weighted by Gasteiger charge is -2.34. The fraction of sp³-hybridized carbons (Fsp3) is 0.706. The molecule has 1 N–H and O–H groups in total. The lowest BCUT2D eigenvalue weighted by Crippen LogP contribution is -2.47. The van der Waals surface area contributed by atoms with Gasteiger partial charge in [0.05, 0.1) is 11.6 Å². The summed E-state index contributed by atoms with van der Waals surface area (Å²) in [6.07, 6.45) is 4.72. The van der Waals surface area contributed by atoms with Crippen molar-refractivity contribution in [2.45, 2.75) is 70.9 Å². The summed E-state index contributed by atoms with van der Waals surface area (Å²) in [5.41, 5.74) is 1.49. The third kappa shape index (κ3) is 2.64. The largest absolute Gasteiger partial charge is 0.480 e. The van der Waals surface area contributed by atoms with E-state index in [4.69, 9.17) is 4.52 Å². The van der Waals surface area contributed by atoms with E-state index in [-0.39, 0.29) is 11.9 Å². The molecule has 1 saturated carbocycles. The van der Waals surface area contributed by atoms with E-state index in [2.05, 4.69) is 5.16 Å². The predicted molar refractivity (Wildman–Crippen MR) is 83.0 cm³/mol. The van der Waals surface area contributed by atoms with Gasteiger partial charge in [0.2, 0.25) is 5.91 Å². The number of hydrogen-bond acceptors (Lipinski definition) is 4. The quantitative estimate of drug-likeness (QED) is 0.925. The average Bonchev–Trinajstić information content (AvgIpc) is 3.06. The Morgan fingerprint density at radius 3 is 2.61 bits per heavy atom. The van der Waals surface area contributed by atoms with Crippen molar-refractivity contribution in [3.8, 4) is 0 Å². The second-order valence-corrected chi connectivity index (χ2v) is 6.91. The van der Waals surface area contributed by atoms with Gasteiger partial charge in [-0.1, -0.05) is 18.0 Å². The minimum absolute atomic E-state index is 0.0697. The summed E-state index contributed by atoms with van der Waals surface area (Å²) < 4.78 is 5.17. The Morgan fingerprint density at radius 2 is 2.00 bits per heavy atom. The van der Waals surface area contributed by atoms with Gasteiger partial charge >= 0.3 is 5.97 Å². The van der Waals surface area contributed by atoms with Crippen LogP contribution in [0.15, 0.2) is 4.52 Å².